The lowest BCUT2D eigenvalue weighted by Gasteiger charge is -2.11. The number of rotatable bonds is 9. The maximum absolute atomic E-state index is 4.95. The third-order valence-electron chi connectivity index (χ3n) is 2.08. The van der Waals surface area contributed by atoms with Gasteiger partial charge in [0.1, 0.15) is 0 Å². The molecule has 0 bridgehead atoms. The first-order valence-corrected chi connectivity index (χ1v) is 5.11. The molecule has 78 valence electrons. The van der Waals surface area contributed by atoms with Gasteiger partial charge in [-0.15, -0.1) is 6.58 Å². The molecule has 0 aromatic rings. The predicted molar refractivity (Wildman–Crippen MR) is 58.0 cm³/mol. The fraction of sp³-hybridized carbons (Fsp3) is 0.818. The first-order valence-electron chi connectivity index (χ1n) is 5.11. The summed E-state index contributed by atoms with van der Waals surface area (Å²) in [6.45, 7) is 8.86. The smallest absolute Gasteiger partial charge is 0.0587 e. The van der Waals surface area contributed by atoms with Crippen molar-refractivity contribution >= 4 is 0 Å². The quantitative estimate of drug-likeness (QED) is 0.439. The first kappa shape index (κ1) is 12.7. The van der Waals surface area contributed by atoms with Gasteiger partial charge in [0.2, 0.25) is 0 Å². The zero-order valence-corrected chi connectivity index (χ0v) is 9.01. The molecule has 0 saturated carbocycles. The first-order chi connectivity index (χ1) is 6.31. The molecule has 0 saturated heterocycles. The van der Waals surface area contributed by atoms with Crippen LogP contribution in [-0.4, -0.2) is 26.8 Å². The number of hydrogen-bond donors (Lipinski definition) is 1. The van der Waals surface area contributed by atoms with Gasteiger partial charge in [-0.3, -0.25) is 0 Å². The van der Waals surface area contributed by atoms with Crippen LogP contribution >= 0.6 is 0 Å². The number of unbranched alkanes of at least 4 members (excludes halogenated alkanes) is 1. The van der Waals surface area contributed by atoms with Crippen LogP contribution in [0.2, 0.25) is 0 Å². The second-order valence-electron chi connectivity index (χ2n) is 3.52. The minimum atomic E-state index is 0.761. The van der Waals surface area contributed by atoms with Crippen LogP contribution in [-0.2, 0) is 4.74 Å². The molecule has 0 aromatic heterocycles. The molecule has 0 aromatic carbocycles. The van der Waals surface area contributed by atoms with Crippen molar-refractivity contribution in [1.29, 1.82) is 0 Å². The number of nitrogens with one attached hydrogen (secondary N) is 1. The molecule has 0 aliphatic heterocycles. The maximum Gasteiger partial charge on any atom is 0.0587 e. The molecule has 1 atom stereocenters. The molecule has 0 fully saturated rings. The lowest BCUT2D eigenvalue weighted by molar-refractivity contribution is 0.198. The summed E-state index contributed by atoms with van der Waals surface area (Å²) in [4.78, 5) is 0. The van der Waals surface area contributed by atoms with Gasteiger partial charge in [0, 0.05) is 13.7 Å². The van der Waals surface area contributed by atoms with Crippen LogP contribution in [0.4, 0.5) is 0 Å². The average molecular weight is 185 g/mol. The van der Waals surface area contributed by atoms with Gasteiger partial charge >= 0.3 is 0 Å². The minimum Gasteiger partial charge on any atom is -0.383 e. The van der Waals surface area contributed by atoms with Crippen LogP contribution in [0.25, 0.3) is 0 Å². The zero-order chi connectivity index (χ0) is 9.94. The fourth-order valence-corrected chi connectivity index (χ4v) is 1.24. The van der Waals surface area contributed by atoms with E-state index < -0.39 is 0 Å². The summed E-state index contributed by atoms with van der Waals surface area (Å²) in [5.41, 5.74) is 0. The van der Waals surface area contributed by atoms with E-state index in [2.05, 4.69) is 18.8 Å². The van der Waals surface area contributed by atoms with E-state index >= 15 is 0 Å². The molecule has 0 aliphatic rings. The SMILES string of the molecule is C=CCCCC(C)CNCCOC. The van der Waals surface area contributed by atoms with Gasteiger partial charge in [0.25, 0.3) is 0 Å². The predicted octanol–water partition coefficient (Wildman–Crippen LogP) is 2.21. The zero-order valence-electron chi connectivity index (χ0n) is 9.01. The molecule has 13 heavy (non-hydrogen) atoms. The van der Waals surface area contributed by atoms with Crippen molar-refractivity contribution in [2.24, 2.45) is 5.92 Å². The molecule has 1 unspecified atom stereocenters. The summed E-state index contributed by atoms with van der Waals surface area (Å²) < 4.78 is 4.95. The van der Waals surface area contributed by atoms with Gasteiger partial charge in [-0.05, 0) is 31.7 Å². The third kappa shape index (κ3) is 9.57. The second-order valence-corrected chi connectivity index (χ2v) is 3.52. The van der Waals surface area contributed by atoms with Crippen LogP contribution in [0.3, 0.4) is 0 Å². The summed E-state index contributed by atoms with van der Waals surface area (Å²) in [7, 11) is 1.73. The van der Waals surface area contributed by atoms with Crippen molar-refractivity contribution < 1.29 is 4.74 Å². The van der Waals surface area contributed by atoms with Crippen molar-refractivity contribution in [3.05, 3.63) is 12.7 Å². The number of hydrogen-bond acceptors (Lipinski definition) is 2. The highest BCUT2D eigenvalue weighted by molar-refractivity contribution is 4.67. The van der Waals surface area contributed by atoms with Crippen molar-refractivity contribution in [1.82, 2.24) is 5.32 Å². The summed E-state index contributed by atoms with van der Waals surface area (Å²) in [5, 5.41) is 3.36. The Labute approximate surface area is 82.4 Å². The molecule has 0 aliphatic carbocycles. The summed E-state index contributed by atoms with van der Waals surface area (Å²) in [6, 6.07) is 0. The van der Waals surface area contributed by atoms with Gasteiger partial charge in [0.15, 0.2) is 0 Å². The van der Waals surface area contributed by atoms with E-state index in [1.54, 1.807) is 7.11 Å². The van der Waals surface area contributed by atoms with Crippen molar-refractivity contribution in [3.8, 4) is 0 Å². The van der Waals surface area contributed by atoms with Gasteiger partial charge < -0.3 is 10.1 Å². The Hall–Kier alpha value is -0.340. The van der Waals surface area contributed by atoms with Gasteiger partial charge in [-0.25, -0.2) is 0 Å². The van der Waals surface area contributed by atoms with Crippen molar-refractivity contribution in [2.75, 3.05) is 26.8 Å². The molecular weight excluding hydrogens is 162 g/mol. The van der Waals surface area contributed by atoms with Crippen molar-refractivity contribution in [2.45, 2.75) is 26.2 Å². The molecule has 2 nitrogen and oxygen atoms in total. The normalized spacial score (nSPS) is 12.8. The highest BCUT2D eigenvalue weighted by Crippen LogP contribution is 2.06. The number of ether oxygens (including phenoxy) is 1. The Balaban J connectivity index is 3.09. The topological polar surface area (TPSA) is 21.3 Å². The monoisotopic (exact) mass is 185 g/mol. The van der Waals surface area contributed by atoms with Crippen molar-refractivity contribution in [3.63, 3.8) is 0 Å². The molecule has 0 heterocycles. The lowest BCUT2D eigenvalue weighted by Crippen LogP contribution is -2.24. The summed E-state index contributed by atoms with van der Waals surface area (Å²) >= 11 is 0. The lowest BCUT2D eigenvalue weighted by atomic mass is 10.0. The second kappa shape index (κ2) is 9.75. The van der Waals surface area contributed by atoms with Gasteiger partial charge in [-0.1, -0.05) is 13.0 Å². The molecular formula is C11H23NO. The highest BCUT2D eigenvalue weighted by Gasteiger charge is 1.99. The van der Waals surface area contributed by atoms with Gasteiger partial charge in [-0.2, -0.15) is 0 Å². The molecule has 0 rings (SSSR count). The third-order valence-corrected chi connectivity index (χ3v) is 2.08. The Morgan fingerprint density at radius 2 is 2.31 bits per heavy atom. The average Bonchev–Trinajstić information content (AvgIpc) is 2.13. The summed E-state index contributed by atoms with van der Waals surface area (Å²) in [5.74, 6) is 0.761. The number of allylic oxidation sites excluding steroid dienone is 1. The van der Waals surface area contributed by atoms with Crippen LogP contribution in [0.5, 0.6) is 0 Å². The van der Waals surface area contributed by atoms with E-state index in [9.17, 15) is 0 Å². The summed E-state index contributed by atoms with van der Waals surface area (Å²) in [6.07, 6.45) is 5.68. The Morgan fingerprint density at radius 3 is 2.92 bits per heavy atom. The standard InChI is InChI=1S/C11H23NO/c1-4-5-6-7-11(2)10-12-8-9-13-3/h4,11-12H,1,5-10H2,2-3H3. The van der Waals surface area contributed by atoms with Crippen LogP contribution in [0.15, 0.2) is 12.7 Å². The maximum atomic E-state index is 4.95. The molecule has 0 radical (unpaired) electrons. The minimum absolute atomic E-state index is 0.761. The Bertz CT molecular complexity index is 115. The van der Waals surface area contributed by atoms with E-state index in [1.807, 2.05) is 6.08 Å². The van der Waals surface area contributed by atoms with E-state index in [0.717, 1.165) is 32.0 Å². The largest absolute Gasteiger partial charge is 0.383 e. The Kier molecular flexibility index (Phi) is 9.49. The molecule has 0 amide bonds. The van der Waals surface area contributed by atoms with E-state index in [-0.39, 0.29) is 0 Å². The molecule has 2 heteroatoms. The van der Waals surface area contributed by atoms with E-state index in [1.165, 1.54) is 12.8 Å². The van der Waals surface area contributed by atoms with Crippen LogP contribution < -0.4 is 5.32 Å². The van der Waals surface area contributed by atoms with Crippen LogP contribution in [0.1, 0.15) is 26.2 Å². The molecule has 1 N–H and O–H groups in total. The van der Waals surface area contributed by atoms with Crippen LogP contribution in [0, 0.1) is 5.92 Å². The molecule has 0 spiro atoms. The Morgan fingerprint density at radius 1 is 1.54 bits per heavy atom. The van der Waals surface area contributed by atoms with E-state index in [0.29, 0.717) is 0 Å². The van der Waals surface area contributed by atoms with Gasteiger partial charge in [0.05, 0.1) is 6.61 Å². The fourth-order valence-electron chi connectivity index (χ4n) is 1.24. The number of methoxy groups -OCH3 is 1. The highest BCUT2D eigenvalue weighted by atomic mass is 16.5. The van der Waals surface area contributed by atoms with E-state index in [4.69, 9.17) is 4.74 Å².